The van der Waals surface area contributed by atoms with Gasteiger partial charge in [0.2, 0.25) is 5.91 Å². The molecular weight excluding hydrogens is 370 g/mol. The Balaban J connectivity index is 0.00000338. The fourth-order valence-electron chi connectivity index (χ4n) is 2.73. The van der Waals surface area contributed by atoms with Gasteiger partial charge in [-0.05, 0) is 43.1 Å². The van der Waals surface area contributed by atoms with Crippen molar-refractivity contribution in [2.75, 3.05) is 31.8 Å². The van der Waals surface area contributed by atoms with Crippen molar-refractivity contribution >= 4 is 36.0 Å². The highest BCUT2D eigenvalue weighted by atomic mass is 35.5. The van der Waals surface area contributed by atoms with E-state index < -0.39 is 0 Å². The van der Waals surface area contributed by atoms with Crippen LogP contribution < -0.4 is 10.6 Å². The molecular formula is C19H30ClN3O2S. The zero-order valence-electron chi connectivity index (χ0n) is 16.0. The van der Waals surface area contributed by atoms with Crippen LogP contribution in [0, 0.1) is 0 Å². The molecule has 146 valence electrons. The van der Waals surface area contributed by atoms with E-state index in [1.165, 1.54) is 5.56 Å². The first-order valence-corrected chi connectivity index (χ1v) is 9.91. The molecule has 0 spiro atoms. The van der Waals surface area contributed by atoms with Crippen molar-refractivity contribution in [1.82, 2.24) is 15.5 Å². The van der Waals surface area contributed by atoms with Crippen molar-refractivity contribution < 1.29 is 9.59 Å². The quantitative estimate of drug-likeness (QED) is 0.722. The van der Waals surface area contributed by atoms with Gasteiger partial charge >= 0.3 is 0 Å². The van der Waals surface area contributed by atoms with Crippen LogP contribution >= 0.6 is 24.2 Å². The van der Waals surface area contributed by atoms with Crippen LogP contribution in [0.2, 0.25) is 0 Å². The van der Waals surface area contributed by atoms with E-state index >= 15 is 0 Å². The zero-order valence-corrected chi connectivity index (χ0v) is 17.6. The third-order valence-corrected chi connectivity index (χ3v) is 5.36. The van der Waals surface area contributed by atoms with Crippen LogP contribution in [0.1, 0.15) is 43.1 Å². The number of thioether (sulfide) groups is 1. The lowest BCUT2D eigenvalue weighted by Gasteiger charge is -2.24. The van der Waals surface area contributed by atoms with Crippen molar-refractivity contribution in [1.29, 1.82) is 0 Å². The number of rotatable bonds is 6. The average Bonchev–Trinajstić information content (AvgIpc) is 3.07. The lowest BCUT2D eigenvalue weighted by Crippen LogP contribution is -2.47. The maximum absolute atomic E-state index is 12.8. The Hall–Kier alpha value is -1.24. The molecule has 2 amide bonds. The minimum Gasteiger partial charge on any atom is -0.354 e. The van der Waals surface area contributed by atoms with Crippen molar-refractivity contribution in [3.63, 3.8) is 0 Å². The van der Waals surface area contributed by atoms with Crippen molar-refractivity contribution in [2.24, 2.45) is 0 Å². The summed E-state index contributed by atoms with van der Waals surface area (Å²) in [6, 6.07) is 7.36. The number of halogens is 1. The summed E-state index contributed by atoms with van der Waals surface area (Å²) in [7, 11) is 1.89. The molecule has 1 unspecified atom stereocenters. The first-order chi connectivity index (χ1) is 11.8. The van der Waals surface area contributed by atoms with E-state index in [0.717, 1.165) is 13.0 Å². The monoisotopic (exact) mass is 399 g/mol. The number of carbonyl (C=O) groups is 2. The summed E-state index contributed by atoms with van der Waals surface area (Å²) in [4.78, 5) is 26.9. The van der Waals surface area contributed by atoms with Crippen molar-refractivity contribution in [3.05, 3.63) is 35.4 Å². The molecule has 0 bridgehead atoms. The Labute approximate surface area is 167 Å². The van der Waals surface area contributed by atoms with Crippen molar-refractivity contribution in [3.8, 4) is 0 Å². The normalized spacial score (nSPS) is 16.9. The number of amides is 2. The molecule has 0 aromatic heterocycles. The molecule has 5 nitrogen and oxygen atoms in total. The first kappa shape index (κ1) is 22.8. The highest BCUT2D eigenvalue weighted by Crippen LogP contribution is 2.25. The molecule has 26 heavy (non-hydrogen) atoms. The van der Waals surface area contributed by atoms with Crippen LogP contribution in [0.3, 0.4) is 0 Å². The predicted octanol–water partition coefficient (Wildman–Crippen LogP) is 2.65. The Morgan fingerprint density at radius 1 is 1.19 bits per heavy atom. The molecule has 7 heteroatoms. The molecule has 1 aromatic rings. The molecule has 1 atom stereocenters. The van der Waals surface area contributed by atoms with E-state index in [-0.39, 0.29) is 35.7 Å². The summed E-state index contributed by atoms with van der Waals surface area (Å²) in [6.45, 7) is 7.94. The van der Waals surface area contributed by atoms with Gasteiger partial charge in [-0.1, -0.05) is 32.9 Å². The number of benzene rings is 1. The second kappa shape index (κ2) is 10.2. The van der Waals surface area contributed by atoms with E-state index in [2.05, 4.69) is 31.4 Å². The summed E-state index contributed by atoms with van der Waals surface area (Å²) in [6.07, 6.45) is 0.879. The summed E-state index contributed by atoms with van der Waals surface area (Å²) in [5.41, 5.74) is 1.89. The minimum absolute atomic E-state index is 0. The molecule has 0 saturated carbocycles. The fraction of sp³-hybridized carbons (Fsp3) is 0.579. The van der Waals surface area contributed by atoms with Crippen LogP contribution in [-0.4, -0.2) is 54.5 Å². The van der Waals surface area contributed by atoms with Gasteiger partial charge in [0.15, 0.2) is 0 Å². The Morgan fingerprint density at radius 3 is 2.42 bits per heavy atom. The molecule has 2 rings (SSSR count). The molecule has 1 aliphatic heterocycles. The topological polar surface area (TPSA) is 61.4 Å². The Kier molecular flexibility index (Phi) is 8.93. The number of hydrogen-bond donors (Lipinski definition) is 2. The number of hydrogen-bond acceptors (Lipinski definition) is 4. The van der Waals surface area contributed by atoms with Crippen LogP contribution in [-0.2, 0) is 10.2 Å². The third kappa shape index (κ3) is 5.89. The molecule has 1 fully saturated rings. The maximum Gasteiger partial charge on any atom is 0.255 e. The van der Waals surface area contributed by atoms with Gasteiger partial charge in [-0.25, -0.2) is 0 Å². The van der Waals surface area contributed by atoms with Gasteiger partial charge in [-0.3, -0.25) is 9.59 Å². The highest BCUT2D eigenvalue weighted by Gasteiger charge is 2.34. The lowest BCUT2D eigenvalue weighted by molar-refractivity contribution is -0.124. The third-order valence-electron chi connectivity index (χ3n) is 4.35. The minimum atomic E-state index is -0.380. The molecule has 0 radical (unpaired) electrons. The van der Waals surface area contributed by atoms with Gasteiger partial charge in [0.1, 0.15) is 6.04 Å². The number of nitrogens with zero attached hydrogens (tertiary/aromatic N) is 1. The fourth-order valence-corrected chi connectivity index (χ4v) is 3.89. The second-order valence-electron chi connectivity index (χ2n) is 7.37. The van der Waals surface area contributed by atoms with Crippen LogP contribution in [0.15, 0.2) is 24.3 Å². The summed E-state index contributed by atoms with van der Waals surface area (Å²) < 4.78 is 0. The summed E-state index contributed by atoms with van der Waals surface area (Å²) in [5.74, 6) is 1.10. The SMILES string of the molecule is CNCCCNC(=O)C1CSCN1C(=O)c1ccc(C(C)(C)C)cc1.Cl. The maximum atomic E-state index is 12.8. The highest BCUT2D eigenvalue weighted by molar-refractivity contribution is 7.99. The molecule has 1 aliphatic rings. The van der Waals surface area contributed by atoms with E-state index in [0.29, 0.717) is 23.7 Å². The van der Waals surface area contributed by atoms with Crippen LogP contribution in [0.4, 0.5) is 0 Å². The molecule has 1 aromatic carbocycles. The second-order valence-corrected chi connectivity index (χ2v) is 8.37. The van der Waals surface area contributed by atoms with Gasteiger partial charge in [-0.2, -0.15) is 0 Å². The van der Waals surface area contributed by atoms with Gasteiger partial charge in [0.05, 0.1) is 5.88 Å². The number of nitrogens with one attached hydrogen (secondary N) is 2. The number of carbonyl (C=O) groups excluding carboxylic acids is 2. The van der Waals surface area contributed by atoms with E-state index in [1.54, 1.807) is 16.7 Å². The average molecular weight is 400 g/mol. The Morgan fingerprint density at radius 2 is 1.85 bits per heavy atom. The van der Waals surface area contributed by atoms with Gasteiger partial charge in [-0.15, -0.1) is 24.2 Å². The van der Waals surface area contributed by atoms with E-state index in [9.17, 15) is 9.59 Å². The smallest absolute Gasteiger partial charge is 0.255 e. The van der Waals surface area contributed by atoms with Gasteiger partial charge in [0, 0.05) is 17.9 Å². The van der Waals surface area contributed by atoms with Crippen LogP contribution in [0.5, 0.6) is 0 Å². The molecule has 1 heterocycles. The van der Waals surface area contributed by atoms with Gasteiger partial charge < -0.3 is 15.5 Å². The molecule has 0 aliphatic carbocycles. The summed E-state index contributed by atoms with van der Waals surface area (Å²) >= 11 is 1.62. The first-order valence-electron chi connectivity index (χ1n) is 8.76. The summed E-state index contributed by atoms with van der Waals surface area (Å²) in [5, 5.41) is 5.99. The molecule has 2 N–H and O–H groups in total. The van der Waals surface area contributed by atoms with E-state index in [4.69, 9.17) is 0 Å². The van der Waals surface area contributed by atoms with Crippen LogP contribution in [0.25, 0.3) is 0 Å². The largest absolute Gasteiger partial charge is 0.354 e. The Bertz CT molecular complexity index is 602. The standard InChI is InChI=1S/C19H29N3O2S.ClH/c1-19(2,3)15-8-6-14(7-9-15)18(24)22-13-25-12-16(22)17(23)21-11-5-10-20-4;/h6-9,16,20H,5,10-13H2,1-4H3,(H,21,23);1H. The van der Waals surface area contributed by atoms with E-state index in [1.807, 2.05) is 31.3 Å². The van der Waals surface area contributed by atoms with Gasteiger partial charge in [0.25, 0.3) is 5.91 Å². The van der Waals surface area contributed by atoms with Crippen molar-refractivity contribution in [2.45, 2.75) is 38.6 Å². The molecule has 1 saturated heterocycles. The lowest BCUT2D eigenvalue weighted by atomic mass is 9.86. The predicted molar refractivity (Wildman–Crippen MR) is 111 cm³/mol. The zero-order chi connectivity index (χ0) is 18.4.